The molecule has 5 heteroatoms. The molecule has 2 saturated heterocycles. The highest BCUT2D eigenvalue weighted by Crippen LogP contribution is 2.47. The number of likely N-dealkylation sites (tertiary alicyclic amines) is 1. The number of anilines is 1. The van der Waals surface area contributed by atoms with Gasteiger partial charge in [-0.2, -0.15) is 0 Å². The van der Waals surface area contributed by atoms with Crippen molar-refractivity contribution in [2.45, 2.75) is 57.2 Å². The third kappa shape index (κ3) is 3.04. The van der Waals surface area contributed by atoms with Crippen molar-refractivity contribution >= 4 is 17.5 Å². The molecule has 0 spiro atoms. The molecule has 29 heavy (non-hydrogen) atoms. The van der Waals surface area contributed by atoms with Crippen molar-refractivity contribution < 1.29 is 14.4 Å². The van der Waals surface area contributed by atoms with Crippen LogP contribution in [0.5, 0.6) is 0 Å². The standard InChI is InChI=1S/C24H26N2O3/c1-16-12-14-19(15-13-16)26-21(17-8-4-2-5-9-17)20-22(29-26)24(28)25(23(20)27)18-10-6-3-7-11-18/h2,4-5,8-9,12-15,18,20-22H,3,6-7,10-11H2,1H3/t20-,21+,22+/m0/s1. The predicted molar refractivity (Wildman–Crippen MR) is 110 cm³/mol. The largest absolute Gasteiger partial charge is 0.277 e. The summed E-state index contributed by atoms with van der Waals surface area (Å²) in [5.74, 6) is -0.745. The number of hydrogen-bond donors (Lipinski definition) is 0. The molecule has 3 fully saturated rings. The zero-order valence-electron chi connectivity index (χ0n) is 16.7. The van der Waals surface area contributed by atoms with Crippen LogP contribution < -0.4 is 5.06 Å². The first-order chi connectivity index (χ1) is 14.1. The van der Waals surface area contributed by atoms with E-state index < -0.39 is 12.0 Å². The number of amides is 2. The highest BCUT2D eigenvalue weighted by atomic mass is 16.7. The summed E-state index contributed by atoms with van der Waals surface area (Å²) < 4.78 is 0. The first-order valence-corrected chi connectivity index (χ1v) is 10.6. The molecule has 0 aromatic heterocycles. The molecule has 3 aliphatic rings. The average Bonchev–Trinajstić information content (AvgIpc) is 3.26. The third-order valence-electron chi connectivity index (χ3n) is 6.52. The fraction of sp³-hybridized carbons (Fsp3) is 0.417. The number of fused-ring (bicyclic) bond motifs is 1. The Kier molecular flexibility index (Phi) is 4.63. The topological polar surface area (TPSA) is 49.9 Å². The highest BCUT2D eigenvalue weighted by Gasteiger charge is 2.60. The summed E-state index contributed by atoms with van der Waals surface area (Å²) in [5.41, 5.74) is 3.01. The van der Waals surface area contributed by atoms with Crippen molar-refractivity contribution in [3.05, 3.63) is 65.7 Å². The van der Waals surface area contributed by atoms with Crippen LogP contribution in [0.2, 0.25) is 0 Å². The second-order valence-corrected chi connectivity index (χ2v) is 8.41. The van der Waals surface area contributed by atoms with Crippen LogP contribution in [0.1, 0.15) is 49.3 Å². The summed E-state index contributed by atoms with van der Waals surface area (Å²) in [6.07, 6.45) is 4.42. The number of aryl methyl sites for hydroxylation is 1. The van der Waals surface area contributed by atoms with Crippen molar-refractivity contribution in [1.82, 2.24) is 4.90 Å². The molecule has 0 unspecified atom stereocenters. The zero-order valence-corrected chi connectivity index (χ0v) is 16.7. The molecule has 3 atom stereocenters. The summed E-state index contributed by atoms with van der Waals surface area (Å²) in [5, 5.41) is 1.78. The minimum atomic E-state index is -0.740. The second-order valence-electron chi connectivity index (χ2n) is 8.41. The lowest BCUT2D eigenvalue weighted by molar-refractivity contribution is -0.146. The number of carbonyl (C=O) groups is 2. The second kappa shape index (κ2) is 7.30. The van der Waals surface area contributed by atoms with Crippen LogP contribution in [0.25, 0.3) is 0 Å². The Morgan fingerprint density at radius 2 is 1.55 bits per heavy atom. The lowest BCUT2D eigenvalue weighted by Crippen LogP contribution is -2.44. The Labute approximate surface area is 171 Å². The van der Waals surface area contributed by atoms with E-state index in [0.717, 1.165) is 42.5 Å². The van der Waals surface area contributed by atoms with Gasteiger partial charge >= 0.3 is 0 Å². The van der Waals surface area contributed by atoms with Gasteiger partial charge in [-0.25, -0.2) is 5.06 Å². The van der Waals surface area contributed by atoms with Crippen LogP contribution in [-0.4, -0.2) is 28.9 Å². The van der Waals surface area contributed by atoms with E-state index in [9.17, 15) is 9.59 Å². The number of hydrogen-bond acceptors (Lipinski definition) is 4. The van der Waals surface area contributed by atoms with Crippen LogP contribution in [0.3, 0.4) is 0 Å². The van der Waals surface area contributed by atoms with E-state index in [2.05, 4.69) is 0 Å². The normalized spacial score (nSPS) is 27.6. The molecule has 0 bridgehead atoms. The SMILES string of the molecule is Cc1ccc(N2O[C@H]3C(=O)N(C4CCCCC4)C(=O)[C@H]3[C@H]2c2ccccc2)cc1. The molecule has 5 rings (SSSR count). The van der Waals surface area contributed by atoms with Gasteiger partial charge in [-0.1, -0.05) is 67.3 Å². The van der Waals surface area contributed by atoms with E-state index in [1.54, 1.807) is 5.06 Å². The fourth-order valence-electron chi connectivity index (χ4n) is 5.04. The smallest absolute Gasteiger partial charge is 0.262 e. The minimum absolute atomic E-state index is 0.0298. The maximum absolute atomic E-state index is 13.5. The summed E-state index contributed by atoms with van der Waals surface area (Å²) >= 11 is 0. The highest BCUT2D eigenvalue weighted by molar-refractivity contribution is 6.08. The number of carbonyl (C=O) groups excluding carboxylic acids is 2. The Balaban J connectivity index is 1.53. The molecule has 2 aliphatic heterocycles. The van der Waals surface area contributed by atoms with Crippen LogP contribution in [0, 0.1) is 12.8 Å². The summed E-state index contributed by atoms with van der Waals surface area (Å²) in [4.78, 5) is 34.5. The lowest BCUT2D eigenvalue weighted by Gasteiger charge is -2.33. The number of nitrogens with zero attached hydrogens (tertiary/aromatic N) is 2. The molecule has 5 nitrogen and oxygen atoms in total. The number of imide groups is 1. The number of hydroxylamine groups is 1. The predicted octanol–water partition coefficient (Wildman–Crippen LogP) is 4.17. The Hall–Kier alpha value is -2.66. The van der Waals surface area contributed by atoms with Crippen molar-refractivity contribution in [1.29, 1.82) is 0 Å². The van der Waals surface area contributed by atoms with Gasteiger partial charge in [-0.05, 0) is 37.5 Å². The lowest BCUT2D eigenvalue weighted by atomic mass is 9.90. The average molecular weight is 390 g/mol. The molecular weight excluding hydrogens is 364 g/mol. The Bertz CT molecular complexity index is 905. The first-order valence-electron chi connectivity index (χ1n) is 10.6. The van der Waals surface area contributed by atoms with Gasteiger partial charge in [0.1, 0.15) is 5.92 Å². The van der Waals surface area contributed by atoms with Crippen molar-refractivity contribution in [2.75, 3.05) is 5.06 Å². The molecule has 2 aromatic carbocycles. The Morgan fingerprint density at radius 3 is 2.24 bits per heavy atom. The van der Waals surface area contributed by atoms with Crippen molar-refractivity contribution in [3.63, 3.8) is 0 Å². The van der Waals surface area contributed by atoms with Crippen molar-refractivity contribution in [2.24, 2.45) is 5.92 Å². The van der Waals surface area contributed by atoms with Gasteiger partial charge in [-0.15, -0.1) is 0 Å². The van der Waals surface area contributed by atoms with E-state index in [-0.39, 0.29) is 23.9 Å². The summed E-state index contributed by atoms with van der Waals surface area (Å²) in [6.45, 7) is 2.03. The molecule has 150 valence electrons. The van der Waals surface area contributed by atoms with Gasteiger partial charge in [0.25, 0.3) is 5.91 Å². The van der Waals surface area contributed by atoms with Crippen molar-refractivity contribution in [3.8, 4) is 0 Å². The van der Waals surface area contributed by atoms with E-state index in [0.29, 0.717) is 0 Å². The van der Waals surface area contributed by atoms with E-state index in [4.69, 9.17) is 4.84 Å². The van der Waals surface area contributed by atoms with E-state index >= 15 is 0 Å². The van der Waals surface area contributed by atoms with Gasteiger partial charge in [0.2, 0.25) is 5.91 Å². The maximum atomic E-state index is 13.5. The van der Waals surface area contributed by atoms with Gasteiger partial charge in [0, 0.05) is 6.04 Å². The minimum Gasteiger partial charge on any atom is -0.277 e. The molecule has 0 N–H and O–H groups in total. The van der Waals surface area contributed by atoms with Gasteiger partial charge in [0.05, 0.1) is 11.7 Å². The number of benzene rings is 2. The molecule has 1 aliphatic carbocycles. The van der Waals surface area contributed by atoms with E-state index in [1.165, 1.54) is 11.3 Å². The third-order valence-corrected chi connectivity index (χ3v) is 6.52. The quantitative estimate of drug-likeness (QED) is 0.738. The van der Waals surface area contributed by atoms with Gasteiger partial charge in [-0.3, -0.25) is 19.3 Å². The Morgan fingerprint density at radius 1 is 0.862 bits per heavy atom. The maximum Gasteiger partial charge on any atom is 0.262 e. The van der Waals surface area contributed by atoms with Crippen LogP contribution in [-0.2, 0) is 14.4 Å². The zero-order chi connectivity index (χ0) is 20.0. The van der Waals surface area contributed by atoms with Crippen LogP contribution >= 0.6 is 0 Å². The summed E-state index contributed by atoms with van der Waals surface area (Å²) in [6, 6.07) is 17.7. The monoisotopic (exact) mass is 390 g/mol. The molecule has 2 aromatic rings. The first kappa shape index (κ1) is 18.4. The van der Waals surface area contributed by atoms with Crippen LogP contribution in [0.4, 0.5) is 5.69 Å². The number of rotatable bonds is 3. The summed E-state index contributed by atoms with van der Waals surface area (Å²) in [7, 11) is 0. The molecule has 2 heterocycles. The van der Waals surface area contributed by atoms with Gasteiger partial charge < -0.3 is 0 Å². The molecular formula is C24H26N2O3. The molecule has 0 radical (unpaired) electrons. The van der Waals surface area contributed by atoms with Crippen LogP contribution in [0.15, 0.2) is 54.6 Å². The molecule has 2 amide bonds. The van der Waals surface area contributed by atoms with E-state index in [1.807, 2.05) is 61.5 Å². The fourth-order valence-corrected chi connectivity index (χ4v) is 5.04. The molecule has 1 saturated carbocycles. The van der Waals surface area contributed by atoms with Gasteiger partial charge in [0.15, 0.2) is 6.10 Å².